The van der Waals surface area contributed by atoms with Gasteiger partial charge in [0.1, 0.15) is 4.47 Å². The molecule has 3 nitrogen and oxygen atoms in total. The molecule has 0 bridgehead atoms. The van der Waals surface area contributed by atoms with Crippen LogP contribution in [-0.4, -0.2) is 9.55 Å². The lowest BCUT2D eigenvalue weighted by molar-refractivity contribution is 0.393. The van der Waals surface area contributed by atoms with Crippen LogP contribution in [0.1, 0.15) is 26.8 Å². The third-order valence-electron chi connectivity index (χ3n) is 2.30. The van der Waals surface area contributed by atoms with E-state index >= 15 is 0 Å². The quantitative estimate of drug-likeness (QED) is 0.780. The van der Waals surface area contributed by atoms with Gasteiger partial charge in [0.05, 0.1) is 6.33 Å². The second-order valence-corrected chi connectivity index (χ2v) is 4.70. The zero-order valence-electron chi connectivity index (χ0n) is 8.29. The third kappa shape index (κ3) is 2.17. The first-order valence-electron chi connectivity index (χ1n) is 4.37. The van der Waals surface area contributed by atoms with Crippen molar-refractivity contribution in [2.24, 2.45) is 5.92 Å². The highest BCUT2D eigenvalue weighted by molar-refractivity contribution is 9.10. The normalized spacial score (nSPS) is 13.3. The highest BCUT2D eigenvalue weighted by atomic mass is 79.9. The predicted molar refractivity (Wildman–Crippen MR) is 60.8 cm³/mol. The molecule has 0 fully saturated rings. The van der Waals surface area contributed by atoms with E-state index in [0.29, 0.717) is 10.4 Å². The highest BCUT2D eigenvalue weighted by Crippen LogP contribution is 2.18. The smallest absolute Gasteiger partial charge is 0.269 e. The van der Waals surface area contributed by atoms with E-state index in [1.807, 2.05) is 6.92 Å². The molecule has 0 aromatic carbocycles. The average Bonchev–Trinajstić information content (AvgIpc) is 2.13. The second-order valence-electron chi connectivity index (χ2n) is 3.55. The Morgan fingerprint density at radius 1 is 1.50 bits per heavy atom. The van der Waals surface area contributed by atoms with Gasteiger partial charge < -0.3 is 0 Å². The molecule has 0 aliphatic rings. The topological polar surface area (TPSA) is 34.9 Å². The molecule has 1 atom stereocenters. The summed E-state index contributed by atoms with van der Waals surface area (Å²) in [5.74, 6) is 0.377. The van der Waals surface area contributed by atoms with E-state index in [1.54, 1.807) is 4.57 Å². The van der Waals surface area contributed by atoms with Gasteiger partial charge in [-0.15, -0.1) is 0 Å². The van der Waals surface area contributed by atoms with Crippen molar-refractivity contribution in [3.63, 3.8) is 0 Å². The SMILES string of the molecule is CC(C)C(C)n1cnc(Cl)c(Br)c1=O. The lowest BCUT2D eigenvalue weighted by Crippen LogP contribution is -2.26. The van der Waals surface area contributed by atoms with Crippen LogP contribution in [0.3, 0.4) is 0 Å². The fourth-order valence-electron chi connectivity index (χ4n) is 1.03. The van der Waals surface area contributed by atoms with Gasteiger partial charge in [0.2, 0.25) is 0 Å². The largest absolute Gasteiger partial charge is 0.295 e. The van der Waals surface area contributed by atoms with Crippen LogP contribution in [0, 0.1) is 5.92 Å². The molecular weight excluding hydrogens is 267 g/mol. The Morgan fingerprint density at radius 3 is 2.57 bits per heavy atom. The van der Waals surface area contributed by atoms with E-state index in [-0.39, 0.29) is 16.8 Å². The van der Waals surface area contributed by atoms with Crippen molar-refractivity contribution in [2.45, 2.75) is 26.8 Å². The second kappa shape index (κ2) is 4.45. The molecule has 14 heavy (non-hydrogen) atoms. The molecule has 0 spiro atoms. The summed E-state index contributed by atoms with van der Waals surface area (Å²) >= 11 is 8.82. The van der Waals surface area contributed by atoms with E-state index in [1.165, 1.54) is 6.33 Å². The van der Waals surface area contributed by atoms with Crippen molar-refractivity contribution in [1.82, 2.24) is 9.55 Å². The molecule has 5 heteroatoms. The molecule has 0 N–H and O–H groups in total. The minimum absolute atomic E-state index is 0.114. The van der Waals surface area contributed by atoms with E-state index < -0.39 is 0 Å². The van der Waals surface area contributed by atoms with Crippen molar-refractivity contribution < 1.29 is 0 Å². The Bertz CT molecular complexity index is 389. The molecule has 1 unspecified atom stereocenters. The standard InChI is InChI=1S/C9H12BrClN2O/c1-5(2)6(3)13-4-12-8(11)7(10)9(13)14/h4-6H,1-3H3. The fourth-order valence-corrected chi connectivity index (χ4v) is 1.47. The third-order valence-corrected chi connectivity index (χ3v) is 3.53. The summed E-state index contributed by atoms with van der Waals surface area (Å²) in [4.78, 5) is 15.7. The van der Waals surface area contributed by atoms with Crippen LogP contribution in [0.25, 0.3) is 0 Å². The lowest BCUT2D eigenvalue weighted by Gasteiger charge is -2.18. The molecular formula is C9H12BrClN2O. The molecule has 1 aromatic rings. The molecule has 1 aromatic heterocycles. The van der Waals surface area contributed by atoms with Gasteiger partial charge in [-0.25, -0.2) is 4.98 Å². The zero-order chi connectivity index (χ0) is 10.9. The van der Waals surface area contributed by atoms with Gasteiger partial charge in [0.15, 0.2) is 5.15 Å². The molecule has 0 aliphatic heterocycles. The van der Waals surface area contributed by atoms with Gasteiger partial charge in [-0.3, -0.25) is 9.36 Å². The maximum absolute atomic E-state index is 11.7. The van der Waals surface area contributed by atoms with Crippen LogP contribution in [0.5, 0.6) is 0 Å². The fraction of sp³-hybridized carbons (Fsp3) is 0.556. The van der Waals surface area contributed by atoms with Crippen LogP contribution in [0.15, 0.2) is 15.6 Å². The molecule has 78 valence electrons. The molecule has 1 rings (SSSR count). The summed E-state index contributed by atoms with van der Waals surface area (Å²) in [6.45, 7) is 6.09. The van der Waals surface area contributed by atoms with Crippen molar-refractivity contribution in [3.8, 4) is 0 Å². The predicted octanol–water partition coefficient (Wildman–Crippen LogP) is 2.88. The monoisotopic (exact) mass is 278 g/mol. The van der Waals surface area contributed by atoms with Gasteiger partial charge in [-0.05, 0) is 28.8 Å². The summed E-state index contributed by atoms with van der Waals surface area (Å²) in [7, 11) is 0. The van der Waals surface area contributed by atoms with Crippen molar-refractivity contribution in [3.05, 3.63) is 26.3 Å². The maximum Gasteiger partial charge on any atom is 0.269 e. The summed E-state index contributed by atoms with van der Waals surface area (Å²) < 4.78 is 1.91. The Morgan fingerprint density at radius 2 is 2.07 bits per heavy atom. The van der Waals surface area contributed by atoms with Crippen LogP contribution >= 0.6 is 27.5 Å². The Balaban J connectivity index is 3.25. The van der Waals surface area contributed by atoms with Gasteiger partial charge in [0, 0.05) is 6.04 Å². The van der Waals surface area contributed by atoms with Gasteiger partial charge >= 0.3 is 0 Å². The van der Waals surface area contributed by atoms with Crippen LogP contribution in [-0.2, 0) is 0 Å². The summed E-state index contributed by atoms with van der Waals surface area (Å²) in [6.07, 6.45) is 1.49. The Kier molecular flexibility index (Phi) is 3.72. The number of rotatable bonds is 2. The van der Waals surface area contributed by atoms with Crippen molar-refractivity contribution in [1.29, 1.82) is 0 Å². The van der Waals surface area contributed by atoms with Gasteiger partial charge in [0.25, 0.3) is 5.56 Å². The number of aromatic nitrogens is 2. The van der Waals surface area contributed by atoms with Crippen molar-refractivity contribution in [2.75, 3.05) is 0 Å². The summed E-state index contributed by atoms with van der Waals surface area (Å²) in [6, 6.07) is 0.114. The zero-order valence-corrected chi connectivity index (χ0v) is 10.6. The van der Waals surface area contributed by atoms with E-state index in [9.17, 15) is 4.79 Å². The van der Waals surface area contributed by atoms with Crippen molar-refractivity contribution >= 4 is 27.5 Å². The van der Waals surface area contributed by atoms with Crippen LogP contribution in [0.2, 0.25) is 5.15 Å². The number of halogens is 2. The lowest BCUT2D eigenvalue weighted by atomic mass is 10.1. The first-order valence-corrected chi connectivity index (χ1v) is 5.54. The molecule has 0 aliphatic carbocycles. The molecule has 0 saturated carbocycles. The minimum Gasteiger partial charge on any atom is -0.295 e. The maximum atomic E-state index is 11.7. The first-order chi connectivity index (χ1) is 6.45. The number of nitrogens with zero attached hydrogens (tertiary/aromatic N) is 2. The van der Waals surface area contributed by atoms with E-state index in [2.05, 4.69) is 34.8 Å². The summed E-state index contributed by atoms with van der Waals surface area (Å²) in [5.41, 5.74) is -0.133. The van der Waals surface area contributed by atoms with Crippen LogP contribution in [0.4, 0.5) is 0 Å². The number of hydrogen-bond acceptors (Lipinski definition) is 2. The van der Waals surface area contributed by atoms with Crippen LogP contribution < -0.4 is 5.56 Å². The first kappa shape index (κ1) is 11.7. The summed E-state index contributed by atoms with van der Waals surface area (Å²) in [5, 5.41) is 0.210. The van der Waals surface area contributed by atoms with E-state index in [0.717, 1.165) is 0 Å². The van der Waals surface area contributed by atoms with E-state index in [4.69, 9.17) is 11.6 Å². The Hall–Kier alpha value is -0.350. The number of hydrogen-bond donors (Lipinski definition) is 0. The van der Waals surface area contributed by atoms with Gasteiger partial charge in [-0.1, -0.05) is 25.4 Å². The molecule has 0 amide bonds. The molecule has 0 radical (unpaired) electrons. The van der Waals surface area contributed by atoms with Gasteiger partial charge in [-0.2, -0.15) is 0 Å². The highest BCUT2D eigenvalue weighted by Gasteiger charge is 2.14. The average molecular weight is 280 g/mol. The molecule has 0 saturated heterocycles. The Labute approximate surface area is 96.2 Å². The minimum atomic E-state index is -0.133. The molecule has 1 heterocycles.